The van der Waals surface area contributed by atoms with Crippen LogP contribution in [-0.4, -0.2) is 0 Å². The summed E-state index contributed by atoms with van der Waals surface area (Å²) < 4.78 is 0. The summed E-state index contributed by atoms with van der Waals surface area (Å²) in [6.07, 6.45) is 3.44. The third kappa shape index (κ3) is 1.41. The molecule has 1 aromatic carbocycles. The molecule has 0 nitrogen and oxygen atoms in total. The molecule has 1 aliphatic rings. The molecule has 2 rings (SSSR count). The van der Waals surface area contributed by atoms with Crippen LogP contribution in [0.3, 0.4) is 0 Å². The number of hydrogen-bond donors (Lipinski definition) is 0. The van der Waals surface area contributed by atoms with Crippen molar-refractivity contribution in [3.05, 3.63) is 41.0 Å². The highest BCUT2D eigenvalue weighted by atomic mass is 14.2. The fourth-order valence-corrected chi connectivity index (χ4v) is 1.87. The van der Waals surface area contributed by atoms with Crippen molar-refractivity contribution in [3.8, 4) is 0 Å². The van der Waals surface area contributed by atoms with Gasteiger partial charge in [0.2, 0.25) is 0 Å². The Morgan fingerprint density at radius 2 is 2.00 bits per heavy atom. The predicted molar refractivity (Wildman–Crippen MR) is 57.9 cm³/mol. The zero-order valence-corrected chi connectivity index (χ0v) is 8.59. The molecule has 0 amide bonds. The van der Waals surface area contributed by atoms with Gasteiger partial charge in [0.15, 0.2) is 0 Å². The smallest absolute Gasteiger partial charge is 0.00855 e. The zero-order chi connectivity index (χ0) is 9.42. The van der Waals surface area contributed by atoms with Gasteiger partial charge in [0.05, 0.1) is 0 Å². The van der Waals surface area contributed by atoms with Gasteiger partial charge >= 0.3 is 0 Å². The molecule has 1 aliphatic carbocycles. The second kappa shape index (κ2) is 3.02. The highest BCUT2D eigenvalue weighted by Gasteiger charge is 2.11. The van der Waals surface area contributed by atoms with Gasteiger partial charge in [-0.25, -0.2) is 0 Å². The highest BCUT2D eigenvalue weighted by molar-refractivity contribution is 5.72. The fourth-order valence-electron chi connectivity index (χ4n) is 1.87. The first-order chi connectivity index (χ1) is 6.18. The fraction of sp³-hybridized carbons (Fsp3) is 0.385. The number of hydrogen-bond acceptors (Lipinski definition) is 0. The van der Waals surface area contributed by atoms with Gasteiger partial charge in [-0.05, 0) is 41.5 Å². The summed E-state index contributed by atoms with van der Waals surface area (Å²) in [5, 5.41) is 0. The van der Waals surface area contributed by atoms with E-state index in [1.165, 1.54) is 22.3 Å². The molecule has 0 atom stereocenters. The first kappa shape index (κ1) is 8.55. The standard InChI is InChI=1S/C13H16/c1-9(2)12-7-6-11-5-4-10(3)13(11)8-12/h4,6-9H,5H2,1-3H3. The maximum atomic E-state index is 2.35. The summed E-state index contributed by atoms with van der Waals surface area (Å²) in [6.45, 7) is 6.70. The molecular weight excluding hydrogens is 156 g/mol. The summed E-state index contributed by atoms with van der Waals surface area (Å²) in [5.74, 6) is 0.638. The highest BCUT2D eigenvalue weighted by Crippen LogP contribution is 2.29. The normalized spacial score (nSPS) is 14.6. The maximum absolute atomic E-state index is 2.35. The van der Waals surface area contributed by atoms with Gasteiger partial charge in [-0.1, -0.05) is 38.1 Å². The molecule has 0 fully saturated rings. The SMILES string of the molecule is CC1=CCc2ccc(C(C)C)cc21. The predicted octanol–water partition coefficient (Wildman–Crippen LogP) is 3.77. The maximum Gasteiger partial charge on any atom is -0.00855 e. The van der Waals surface area contributed by atoms with Crippen molar-refractivity contribution in [2.75, 3.05) is 0 Å². The van der Waals surface area contributed by atoms with E-state index in [4.69, 9.17) is 0 Å². The number of allylic oxidation sites excluding steroid dienone is 2. The van der Waals surface area contributed by atoms with Crippen LogP contribution in [0.4, 0.5) is 0 Å². The van der Waals surface area contributed by atoms with Crippen molar-refractivity contribution in [2.45, 2.75) is 33.1 Å². The third-order valence-electron chi connectivity index (χ3n) is 2.85. The van der Waals surface area contributed by atoms with E-state index in [0.29, 0.717) is 5.92 Å². The van der Waals surface area contributed by atoms with Gasteiger partial charge in [-0.15, -0.1) is 0 Å². The van der Waals surface area contributed by atoms with Crippen LogP contribution in [0, 0.1) is 0 Å². The molecule has 1 aromatic rings. The van der Waals surface area contributed by atoms with Crippen LogP contribution in [0.1, 0.15) is 43.4 Å². The van der Waals surface area contributed by atoms with Crippen molar-refractivity contribution >= 4 is 5.57 Å². The minimum atomic E-state index is 0.638. The lowest BCUT2D eigenvalue weighted by Crippen LogP contribution is -1.90. The minimum absolute atomic E-state index is 0.638. The van der Waals surface area contributed by atoms with Gasteiger partial charge in [0.1, 0.15) is 0 Å². The van der Waals surface area contributed by atoms with Crippen molar-refractivity contribution in [1.29, 1.82) is 0 Å². The van der Waals surface area contributed by atoms with Gasteiger partial charge in [-0.2, -0.15) is 0 Å². The molecule has 0 aromatic heterocycles. The van der Waals surface area contributed by atoms with E-state index in [9.17, 15) is 0 Å². The second-order valence-electron chi connectivity index (χ2n) is 4.16. The average molecular weight is 172 g/mol. The first-order valence-corrected chi connectivity index (χ1v) is 4.98. The molecule has 0 spiro atoms. The lowest BCUT2D eigenvalue weighted by Gasteiger charge is -2.08. The molecule has 0 unspecified atom stereocenters. The Kier molecular flexibility index (Phi) is 1.99. The van der Waals surface area contributed by atoms with Crippen LogP contribution in [0.2, 0.25) is 0 Å². The van der Waals surface area contributed by atoms with Crippen LogP contribution in [-0.2, 0) is 6.42 Å². The molecule has 0 heteroatoms. The summed E-state index contributed by atoms with van der Waals surface area (Å²) in [7, 11) is 0. The van der Waals surface area contributed by atoms with Gasteiger partial charge in [-0.3, -0.25) is 0 Å². The Bertz CT molecular complexity index is 356. The first-order valence-electron chi connectivity index (χ1n) is 4.98. The Hall–Kier alpha value is -1.04. The topological polar surface area (TPSA) is 0 Å². The molecule has 0 N–H and O–H groups in total. The Morgan fingerprint density at radius 3 is 2.69 bits per heavy atom. The van der Waals surface area contributed by atoms with E-state index in [1.807, 2.05) is 0 Å². The molecule has 13 heavy (non-hydrogen) atoms. The molecule has 0 saturated carbocycles. The monoisotopic (exact) mass is 172 g/mol. The molecule has 0 aliphatic heterocycles. The Balaban J connectivity index is 2.47. The molecule has 0 radical (unpaired) electrons. The summed E-state index contributed by atoms with van der Waals surface area (Å²) >= 11 is 0. The van der Waals surface area contributed by atoms with Crippen LogP contribution in [0.15, 0.2) is 24.3 Å². The molecule has 0 heterocycles. The zero-order valence-electron chi connectivity index (χ0n) is 8.59. The molecule has 68 valence electrons. The molecular formula is C13H16. The van der Waals surface area contributed by atoms with Crippen LogP contribution in [0.25, 0.3) is 5.57 Å². The van der Waals surface area contributed by atoms with Crippen molar-refractivity contribution < 1.29 is 0 Å². The minimum Gasteiger partial charge on any atom is -0.0766 e. The number of rotatable bonds is 1. The van der Waals surface area contributed by atoms with Gasteiger partial charge in [0.25, 0.3) is 0 Å². The van der Waals surface area contributed by atoms with E-state index in [0.717, 1.165) is 6.42 Å². The lowest BCUT2D eigenvalue weighted by atomic mass is 9.97. The van der Waals surface area contributed by atoms with Crippen molar-refractivity contribution in [2.24, 2.45) is 0 Å². The van der Waals surface area contributed by atoms with E-state index in [1.54, 1.807) is 0 Å². The van der Waals surface area contributed by atoms with E-state index in [2.05, 4.69) is 45.0 Å². The van der Waals surface area contributed by atoms with Gasteiger partial charge in [0, 0.05) is 0 Å². The average Bonchev–Trinajstić information content (AvgIpc) is 2.47. The van der Waals surface area contributed by atoms with Crippen molar-refractivity contribution in [3.63, 3.8) is 0 Å². The Labute approximate surface area is 80.3 Å². The second-order valence-corrected chi connectivity index (χ2v) is 4.16. The molecule has 0 bridgehead atoms. The summed E-state index contributed by atoms with van der Waals surface area (Å²) in [5.41, 5.74) is 5.85. The Morgan fingerprint density at radius 1 is 1.23 bits per heavy atom. The summed E-state index contributed by atoms with van der Waals surface area (Å²) in [4.78, 5) is 0. The van der Waals surface area contributed by atoms with Gasteiger partial charge < -0.3 is 0 Å². The lowest BCUT2D eigenvalue weighted by molar-refractivity contribution is 0.865. The molecule has 0 saturated heterocycles. The van der Waals surface area contributed by atoms with Crippen LogP contribution in [0.5, 0.6) is 0 Å². The van der Waals surface area contributed by atoms with Crippen LogP contribution >= 0.6 is 0 Å². The largest absolute Gasteiger partial charge is 0.0766 e. The number of benzene rings is 1. The third-order valence-corrected chi connectivity index (χ3v) is 2.85. The van der Waals surface area contributed by atoms with E-state index < -0.39 is 0 Å². The van der Waals surface area contributed by atoms with Crippen LogP contribution < -0.4 is 0 Å². The van der Waals surface area contributed by atoms with Crippen molar-refractivity contribution in [1.82, 2.24) is 0 Å². The number of fused-ring (bicyclic) bond motifs is 1. The van der Waals surface area contributed by atoms with E-state index >= 15 is 0 Å². The summed E-state index contributed by atoms with van der Waals surface area (Å²) in [6, 6.07) is 6.88. The van der Waals surface area contributed by atoms with E-state index in [-0.39, 0.29) is 0 Å². The quantitative estimate of drug-likeness (QED) is 0.605.